The van der Waals surface area contributed by atoms with E-state index in [2.05, 4.69) is 22.6 Å². The molecule has 1 aliphatic rings. The van der Waals surface area contributed by atoms with Crippen LogP contribution in [0.3, 0.4) is 0 Å². The molecule has 5 heteroatoms. The molecule has 0 bridgehead atoms. The van der Waals surface area contributed by atoms with Crippen molar-refractivity contribution < 1.29 is 9.13 Å². The average molecular weight is 306 g/mol. The highest BCUT2D eigenvalue weighted by Crippen LogP contribution is 2.25. The van der Waals surface area contributed by atoms with E-state index in [0.717, 1.165) is 48.9 Å². The third-order valence-electron chi connectivity index (χ3n) is 3.94. The summed E-state index contributed by atoms with van der Waals surface area (Å²) in [6.45, 7) is 4.64. The maximum atomic E-state index is 12.9. The number of hydrogen-bond donors (Lipinski definition) is 1. The third-order valence-corrected chi connectivity index (χ3v) is 4.88. The van der Waals surface area contributed by atoms with E-state index in [1.807, 2.05) is 0 Å². The van der Waals surface area contributed by atoms with Crippen molar-refractivity contribution >= 4 is 11.3 Å². The highest BCUT2D eigenvalue weighted by atomic mass is 32.1. The van der Waals surface area contributed by atoms with Crippen LogP contribution in [0.4, 0.5) is 4.39 Å². The summed E-state index contributed by atoms with van der Waals surface area (Å²) < 4.78 is 18.3. The van der Waals surface area contributed by atoms with Gasteiger partial charge in [-0.05, 0) is 44.0 Å². The van der Waals surface area contributed by atoms with Crippen LogP contribution in [0.15, 0.2) is 29.6 Å². The lowest BCUT2D eigenvalue weighted by atomic mass is 9.92. The van der Waals surface area contributed by atoms with Crippen molar-refractivity contribution in [1.29, 1.82) is 0 Å². The number of nitrogens with zero attached hydrogens (tertiary/aromatic N) is 1. The Morgan fingerprint density at radius 1 is 1.29 bits per heavy atom. The number of aromatic nitrogens is 1. The summed E-state index contributed by atoms with van der Waals surface area (Å²) in [5, 5.41) is 6.59. The van der Waals surface area contributed by atoms with Crippen LogP contribution in [-0.4, -0.2) is 23.7 Å². The molecule has 0 unspecified atom stereocenters. The first-order valence-electron chi connectivity index (χ1n) is 7.18. The molecule has 3 nitrogen and oxygen atoms in total. The van der Waals surface area contributed by atoms with E-state index in [1.165, 1.54) is 12.1 Å². The zero-order valence-electron chi connectivity index (χ0n) is 12.1. The first-order valence-corrected chi connectivity index (χ1v) is 8.06. The van der Waals surface area contributed by atoms with E-state index in [1.54, 1.807) is 23.5 Å². The summed E-state index contributed by atoms with van der Waals surface area (Å²) in [5.74, 6) is -0.218. The molecule has 0 saturated carbocycles. The molecule has 0 spiro atoms. The van der Waals surface area contributed by atoms with Crippen molar-refractivity contribution in [3.63, 3.8) is 0 Å². The number of hydrogen-bond acceptors (Lipinski definition) is 4. The second-order valence-corrected chi connectivity index (χ2v) is 6.54. The lowest BCUT2D eigenvalue weighted by Crippen LogP contribution is -2.46. The molecule has 2 aromatic rings. The van der Waals surface area contributed by atoms with Gasteiger partial charge in [-0.2, -0.15) is 0 Å². The van der Waals surface area contributed by atoms with Gasteiger partial charge in [0, 0.05) is 36.2 Å². The SMILES string of the molecule is CC1(NCc2csc(-c3ccc(F)cc3)n2)CCOCC1. The number of thiazole rings is 1. The molecular formula is C16H19FN2OS. The lowest BCUT2D eigenvalue weighted by molar-refractivity contribution is 0.0445. The van der Waals surface area contributed by atoms with Gasteiger partial charge < -0.3 is 10.1 Å². The average Bonchev–Trinajstić information content (AvgIpc) is 2.96. The largest absolute Gasteiger partial charge is 0.381 e. The number of halogens is 1. The third kappa shape index (κ3) is 3.67. The Morgan fingerprint density at radius 2 is 2.00 bits per heavy atom. The minimum atomic E-state index is -0.218. The standard InChI is InChI=1S/C16H19FN2OS/c1-16(6-8-20-9-7-16)18-10-14-11-21-15(19-14)12-2-4-13(17)5-3-12/h2-5,11,18H,6-10H2,1H3. The fraction of sp³-hybridized carbons (Fsp3) is 0.438. The Morgan fingerprint density at radius 3 is 2.71 bits per heavy atom. The molecule has 21 heavy (non-hydrogen) atoms. The Balaban J connectivity index is 1.63. The highest BCUT2D eigenvalue weighted by Gasteiger charge is 2.26. The molecule has 1 aromatic carbocycles. The van der Waals surface area contributed by atoms with Crippen LogP contribution in [0.1, 0.15) is 25.5 Å². The molecule has 1 saturated heterocycles. The van der Waals surface area contributed by atoms with Gasteiger partial charge in [0.25, 0.3) is 0 Å². The van der Waals surface area contributed by atoms with Gasteiger partial charge in [0.2, 0.25) is 0 Å². The topological polar surface area (TPSA) is 34.2 Å². The van der Waals surface area contributed by atoms with Crippen LogP contribution in [0.25, 0.3) is 10.6 Å². The predicted molar refractivity (Wildman–Crippen MR) is 82.8 cm³/mol. The smallest absolute Gasteiger partial charge is 0.123 e. The van der Waals surface area contributed by atoms with E-state index in [9.17, 15) is 4.39 Å². The monoisotopic (exact) mass is 306 g/mol. The van der Waals surface area contributed by atoms with Gasteiger partial charge in [0.05, 0.1) is 5.69 Å². The molecule has 0 aliphatic carbocycles. The lowest BCUT2D eigenvalue weighted by Gasteiger charge is -2.34. The molecule has 0 amide bonds. The second-order valence-electron chi connectivity index (χ2n) is 5.68. The highest BCUT2D eigenvalue weighted by molar-refractivity contribution is 7.13. The maximum Gasteiger partial charge on any atom is 0.123 e. The summed E-state index contributed by atoms with van der Waals surface area (Å²) in [7, 11) is 0. The molecule has 1 fully saturated rings. The van der Waals surface area contributed by atoms with E-state index in [0.29, 0.717) is 0 Å². The maximum absolute atomic E-state index is 12.9. The summed E-state index contributed by atoms with van der Waals surface area (Å²) in [6.07, 6.45) is 2.06. The fourth-order valence-electron chi connectivity index (χ4n) is 2.42. The van der Waals surface area contributed by atoms with E-state index < -0.39 is 0 Å². The Kier molecular flexibility index (Phi) is 4.33. The Labute approximate surface area is 128 Å². The fourth-order valence-corrected chi connectivity index (χ4v) is 3.24. The van der Waals surface area contributed by atoms with Crippen LogP contribution in [-0.2, 0) is 11.3 Å². The first-order chi connectivity index (χ1) is 10.1. The van der Waals surface area contributed by atoms with Gasteiger partial charge >= 0.3 is 0 Å². The van der Waals surface area contributed by atoms with Gasteiger partial charge in [-0.25, -0.2) is 9.37 Å². The zero-order valence-corrected chi connectivity index (χ0v) is 12.9. The van der Waals surface area contributed by atoms with Crippen molar-refractivity contribution in [2.24, 2.45) is 0 Å². The number of benzene rings is 1. The minimum Gasteiger partial charge on any atom is -0.381 e. The molecule has 2 heterocycles. The van der Waals surface area contributed by atoms with Gasteiger partial charge in [0.15, 0.2) is 0 Å². The van der Waals surface area contributed by atoms with Crippen LogP contribution < -0.4 is 5.32 Å². The molecule has 0 atom stereocenters. The van der Waals surface area contributed by atoms with Crippen LogP contribution >= 0.6 is 11.3 Å². The van der Waals surface area contributed by atoms with Crippen LogP contribution in [0.5, 0.6) is 0 Å². The van der Waals surface area contributed by atoms with E-state index >= 15 is 0 Å². The molecule has 112 valence electrons. The molecule has 3 rings (SSSR count). The summed E-state index contributed by atoms with van der Waals surface area (Å²) in [4.78, 5) is 4.63. The normalized spacial score (nSPS) is 17.8. The van der Waals surface area contributed by atoms with E-state index in [-0.39, 0.29) is 11.4 Å². The molecule has 1 aliphatic heterocycles. The molecular weight excluding hydrogens is 287 g/mol. The van der Waals surface area contributed by atoms with Crippen molar-refractivity contribution in [2.45, 2.75) is 31.8 Å². The van der Waals surface area contributed by atoms with E-state index in [4.69, 9.17) is 4.74 Å². The number of nitrogens with one attached hydrogen (secondary N) is 1. The van der Waals surface area contributed by atoms with Gasteiger partial charge in [-0.3, -0.25) is 0 Å². The predicted octanol–water partition coefficient (Wildman–Crippen LogP) is 3.61. The number of ether oxygens (including phenoxy) is 1. The second kappa shape index (κ2) is 6.22. The summed E-state index contributed by atoms with van der Waals surface area (Å²) >= 11 is 1.60. The molecule has 1 N–H and O–H groups in total. The van der Waals surface area contributed by atoms with Crippen molar-refractivity contribution in [3.8, 4) is 10.6 Å². The summed E-state index contributed by atoms with van der Waals surface area (Å²) in [6, 6.07) is 6.48. The Hall–Kier alpha value is -1.30. The molecule has 1 aromatic heterocycles. The van der Waals surface area contributed by atoms with Crippen molar-refractivity contribution in [1.82, 2.24) is 10.3 Å². The quantitative estimate of drug-likeness (QED) is 0.937. The van der Waals surface area contributed by atoms with Crippen molar-refractivity contribution in [2.75, 3.05) is 13.2 Å². The minimum absolute atomic E-state index is 0.137. The van der Waals surface area contributed by atoms with Crippen molar-refractivity contribution in [3.05, 3.63) is 41.2 Å². The van der Waals surface area contributed by atoms with Gasteiger partial charge in [-0.1, -0.05) is 0 Å². The Bertz CT molecular complexity index is 591. The molecule has 0 radical (unpaired) electrons. The van der Waals surface area contributed by atoms with Crippen LogP contribution in [0, 0.1) is 5.82 Å². The first kappa shape index (κ1) is 14.6. The zero-order chi connectivity index (χ0) is 14.7. The number of rotatable bonds is 4. The van der Waals surface area contributed by atoms with Gasteiger partial charge in [0.1, 0.15) is 10.8 Å². The van der Waals surface area contributed by atoms with Gasteiger partial charge in [-0.15, -0.1) is 11.3 Å². The van der Waals surface area contributed by atoms with Crippen LogP contribution in [0.2, 0.25) is 0 Å². The summed E-state index contributed by atoms with van der Waals surface area (Å²) in [5.41, 5.74) is 2.13.